The molecule has 8 heteroatoms. The molecular weight excluding hydrogens is 397 g/mol. The third kappa shape index (κ3) is 4.19. The summed E-state index contributed by atoms with van der Waals surface area (Å²) in [6.45, 7) is 2.13. The summed E-state index contributed by atoms with van der Waals surface area (Å²) >= 11 is 5.80. The lowest BCUT2D eigenvalue weighted by atomic mass is 10.0. The van der Waals surface area contributed by atoms with E-state index in [1.54, 1.807) is 23.1 Å². The fraction of sp³-hybridized carbons (Fsp3) is 0.381. The van der Waals surface area contributed by atoms with Crippen LogP contribution in [0, 0.1) is 5.82 Å². The van der Waals surface area contributed by atoms with Crippen molar-refractivity contribution in [2.45, 2.75) is 38.3 Å². The van der Waals surface area contributed by atoms with E-state index >= 15 is 0 Å². The standard InChI is InChI=1S/C21H21ClFN3O3/c1-12-11-29-21-17(26(12)18(27)10-22)9-14(8-13-2-4-15(23)5-3-13)19(25-21)20(28)24-16-6-7-16/h2-5,9,12,16H,6-8,10-11H2,1H3,(H,24,28)/t12-/m0/s1. The fourth-order valence-electron chi connectivity index (χ4n) is 3.40. The summed E-state index contributed by atoms with van der Waals surface area (Å²) < 4.78 is 19.0. The second-order valence-corrected chi connectivity index (χ2v) is 7.70. The lowest BCUT2D eigenvalue weighted by Gasteiger charge is -2.34. The fourth-order valence-corrected chi connectivity index (χ4v) is 3.52. The number of fused-ring (bicyclic) bond motifs is 1. The van der Waals surface area contributed by atoms with Crippen molar-refractivity contribution < 1.29 is 18.7 Å². The van der Waals surface area contributed by atoms with Crippen molar-refractivity contribution in [2.75, 3.05) is 17.4 Å². The Hall–Kier alpha value is -2.67. The van der Waals surface area contributed by atoms with Crippen LogP contribution in [0.3, 0.4) is 0 Å². The molecule has 1 aliphatic carbocycles. The van der Waals surface area contributed by atoms with Crippen LogP contribution in [0.2, 0.25) is 0 Å². The molecule has 0 bridgehead atoms. The number of hydrogen-bond acceptors (Lipinski definition) is 4. The highest BCUT2D eigenvalue weighted by atomic mass is 35.5. The summed E-state index contributed by atoms with van der Waals surface area (Å²) in [6.07, 6.45) is 2.28. The quantitative estimate of drug-likeness (QED) is 0.759. The number of pyridine rings is 1. The van der Waals surface area contributed by atoms with Crippen LogP contribution in [0.5, 0.6) is 5.88 Å². The predicted molar refractivity (Wildman–Crippen MR) is 107 cm³/mol. The summed E-state index contributed by atoms with van der Waals surface area (Å²) in [5.74, 6) is -0.783. The molecule has 0 radical (unpaired) electrons. The van der Waals surface area contributed by atoms with Gasteiger partial charge in [-0.3, -0.25) is 9.59 Å². The van der Waals surface area contributed by atoms with Crippen LogP contribution in [0.4, 0.5) is 10.1 Å². The number of halogens is 2. The highest BCUT2D eigenvalue weighted by molar-refractivity contribution is 6.29. The Morgan fingerprint density at radius 2 is 2.03 bits per heavy atom. The van der Waals surface area contributed by atoms with Gasteiger partial charge in [-0.1, -0.05) is 12.1 Å². The molecular formula is C21H21ClFN3O3. The topological polar surface area (TPSA) is 71.5 Å². The first-order valence-electron chi connectivity index (χ1n) is 9.56. The van der Waals surface area contributed by atoms with E-state index in [9.17, 15) is 14.0 Å². The maximum atomic E-state index is 13.3. The Balaban J connectivity index is 1.76. The molecule has 1 N–H and O–H groups in total. The van der Waals surface area contributed by atoms with Crippen LogP contribution in [0.1, 0.15) is 41.4 Å². The molecule has 1 aliphatic heterocycles. The minimum Gasteiger partial charge on any atom is -0.474 e. The molecule has 2 aliphatic rings. The minimum absolute atomic E-state index is 0.166. The van der Waals surface area contributed by atoms with E-state index in [1.165, 1.54) is 12.1 Å². The van der Waals surface area contributed by atoms with Crippen molar-refractivity contribution in [1.82, 2.24) is 10.3 Å². The number of hydrogen-bond donors (Lipinski definition) is 1. The number of aromatic nitrogens is 1. The summed E-state index contributed by atoms with van der Waals surface area (Å²) in [6, 6.07) is 7.80. The average Bonchev–Trinajstić information content (AvgIpc) is 3.52. The van der Waals surface area contributed by atoms with Crippen molar-refractivity contribution in [2.24, 2.45) is 0 Å². The van der Waals surface area contributed by atoms with Crippen molar-refractivity contribution in [1.29, 1.82) is 0 Å². The van der Waals surface area contributed by atoms with Gasteiger partial charge in [-0.2, -0.15) is 0 Å². The third-order valence-corrected chi connectivity index (χ3v) is 5.26. The Kier molecular flexibility index (Phi) is 5.41. The van der Waals surface area contributed by atoms with Crippen LogP contribution >= 0.6 is 11.6 Å². The summed E-state index contributed by atoms with van der Waals surface area (Å²) in [4.78, 5) is 31.2. The maximum absolute atomic E-state index is 13.3. The van der Waals surface area contributed by atoms with Crippen molar-refractivity contribution in [3.05, 3.63) is 53.0 Å². The van der Waals surface area contributed by atoms with Crippen molar-refractivity contribution in [3.8, 4) is 5.88 Å². The molecule has 0 unspecified atom stereocenters. The Morgan fingerprint density at radius 3 is 2.69 bits per heavy atom. The first-order chi connectivity index (χ1) is 14.0. The number of alkyl halides is 1. The molecule has 2 aromatic rings. The molecule has 0 saturated heterocycles. The number of benzene rings is 1. The molecule has 152 valence electrons. The molecule has 2 heterocycles. The van der Waals surface area contributed by atoms with E-state index in [2.05, 4.69) is 10.3 Å². The molecule has 1 saturated carbocycles. The van der Waals surface area contributed by atoms with Crippen LogP contribution in [-0.2, 0) is 11.2 Å². The molecule has 6 nitrogen and oxygen atoms in total. The number of amides is 2. The van der Waals surface area contributed by atoms with Gasteiger partial charge >= 0.3 is 0 Å². The monoisotopic (exact) mass is 417 g/mol. The number of nitrogens with one attached hydrogen (secondary N) is 1. The molecule has 1 aromatic carbocycles. The van der Waals surface area contributed by atoms with E-state index in [0.717, 1.165) is 18.4 Å². The third-order valence-electron chi connectivity index (χ3n) is 5.03. The molecule has 0 spiro atoms. The van der Waals surface area contributed by atoms with E-state index in [4.69, 9.17) is 16.3 Å². The SMILES string of the molecule is C[C@H]1COc2nc(C(=O)NC3CC3)c(Cc3ccc(F)cc3)cc2N1C(=O)CCl. The smallest absolute Gasteiger partial charge is 0.270 e. The van der Waals surface area contributed by atoms with Crippen LogP contribution in [0.25, 0.3) is 0 Å². The van der Waals surface area contributed by atoms with Gasteiger partial charge in [0.15, 0.2) is 0 Å². The molecule has 2 amide bonds. The first kappa shape index (κ1) is 19.6. The summed E-state index contributed by atoms with van der Waals surface area (Å²) in [7, 11) is 0. The Bertz CT molecular complexity index is 947. The molecule has 1 atom stereocenters. The maximum Gasteiger partial charge on any atom is 0.270 e. The lowest BCUT2D eigenvalue weighted by Crippen LogP contribution is -2.46. The second-order valence-electron chi connectivity index (χ2n) is 7.43. The molecule has 29 heavy (non-hydrogen) atoms. The molecule has 4 rings (SSSR count). The van der Waals surface area contributed by atoms with Crippen molar-refractivity contribution >= 4 is 29.1 Å². The zero-order chi connectivity index (χ0) is 20.5. The van der Waals surface area contributed by atoms with Gasteiger partial charge in [0, 0.05) is 6.04 Å². The predicted octanol–water partition coefficient (Wildman–Crippen LogP) is 3.06. The number of nitrogens with zero attached hydrogens (tertiary/aromatic N) is 2. The number of anilines is 1. The largest absolute Gasteiger partial charge is 0.474 e. The number of carbonyl (C=O) groups is 2. The lowest BCUT2D eigenvalue weighted by molar-refractivity contribution is -0.117. The number of ether oxygens (including phenoxy) is 1. The number of carbonyl (C=O) groups excluding carboxylic acids is 2. The Morgan fingerprint density at radius 1 is 1.31 bits per heavy atom. The minimum atomic E-state index is -0.329. The van der Waals surface area contributed by atoms with E-state index < -0.39 is 0 Å². The Labute approximate surface area is 173 Å². The summed E-state index contributed by atoms with van der Waals surface area (Å²) in [5.41, 5.74) is 2.22. The molecule has 1 aromatic heterocycles. The van der Waals surface area contributed by atoms with Gasteiger partial charge < -0.3 is 15.0 Å². The van der Waals surface area contributed by atoms with Gasteiger partial charge in [0.05, 0.1) is 6.04 Å². The zero-order valence-corrected chi connectivity index (χ0v) is 16.7. The summed E-state index contributed by atoms with van der Waals surface area (Å²) in [5, 5.41) is 2.95. The molecule has 1 fully saturated rings. The zero-order valence-electron chi connectivity index (χ0n) is 16.0. The first-order valence-corrected chi connectivity index (χ1v) is 10.1. The normalized spacial score (nSPS) is 18.0. The van der Waals surface area contributed by atoms with Crippen LogP contribution in [-0.4, -0.2) is 41.4 Å². The van der Waals surface area contributed by atoms with Gasteiger partial charge in [0.2, 0.25) is 11.8 Å². The van der Waals surface area contributed by atoms with Gasteiger partial charge in [0.25, 0.3) is 5.91 Å². The average molecular weight is 418 g/mol. The van der Waals surface area contributed by atoms with E-state index in [1.807, 2.05) is 6.92 Å². The second kappa shape index (κ2) is 7.99. The van der Waals surface area contributed by atoms with Gasteiger partial charge in [-0.25, -0.2) is 9.37 Å². The van der Waals surface area contributed by atoms with Gasteiger partial charge in [-0.05, 0) is 55.5 Å². The van der Waals surface area contributed by atoms with Gasteiger partial charge in [0.1, 0.15) is 29.7 Å². The highest BCUT2D eigenvalue weighted by Gasteiger charge is 2.33. The van der Waals surface area contributed by atoms with E-state index in [-0.39, 0.29) is 53.8 Å². The number of rotatable bonds is 5. The van der Waals surface area contributed by atoms with Crippen molar-refractivity contribution in [3.63, 3.8) is 0 Å². The highest BCUT2D eigenvalue weighted by Crippen LogP contribution is 2.35. The van der Waals surface area contributed by atoms with Crippen LogP contribution < -0.4 is 15.0 Å². The van der Waals surface area contributed by atoms with E-state index in [0.29, 0.717) is 17.7 Å². The van der Waals surface area contributed by atoms with Gasteiger partial charge in [-0.15, -0.1) is 11.6 Å². The van der Waals surface area contributed by atoms with Crippen LogP contribution in [0.15, 0.2) is 30.3 Å².